The molecule has 0 bridgehead atoms. The number of rotatable bonds is 4. The van der Waals surface area contributed by atoms with Crippen LogP contribution < -0.4 is 5.32 Å². The normalized spacial score (nSPS) is 17.5. The van der Waals surface area contributed by atoms with Crippen LogP contribution in [0.4, 0.5) is 5.82 Å². The lowest BCUT2D eigenvalue weighted by molar-refractivity contribution is 0.0718. The number of nitrogens with one attached hydrogen (secondary N) is 1. The fraction of sp³-hybridized carbons (Fsp3) is 0.529. The second-order valence-corrected chi connectivity index (χ2v) is 6.39. The van der Waals surface area contributed by atoms with Gasteiger partial charge in [-0.3, -0.25) is 9.48 Å². The van der Waals surface area contributed by atoms with Crippen molar-refractivity contribution in [2.75, 3.05) is 18.9 Å². The highest BCUT2D eigenvalue weighted by molar-refractivity contribution is 5.93. The van der Waals surface area contributed by atoms with E-state index in [2.05, 4.69) is 20.4 Å². The largest absolute Gasteiger partial charge is 0.373 e. The SMILES string of the molecule is CNc1cc([C@@H]2CCCN2C(=O)c2ccnn2C(C)C)nc(C)n1. The van der Waals surface area contributed by atoms with Gasteiger partial charge in [0.15, 0.2) is 0 Å². The summed E-state index contributed by atoms with van der Waals surface area (Å²) in [7, 11) is 1.84. The lowest BCUT2D eigenvalue weighted by atomic mass is 10.1. The molecule has 0 aromatic carbocycles. The molecular formula is C17H24N6O. The van der Waals surface area contributed by atoms with Gasteiger partial charge in [-0.2, -0.15) is 5.10 Å². The Bertz CT molecular complexity index is 738. The molecular weight excluding hydrogens is 304 g/mol. The van der Waals surface area contributed by atoms with Crippen LogP contribution in [0.2, 0.25) is 0 Å². The Hall–Kier alpha value is -2.44. The first-order chi connectivity index (χ1) is 11.5. The van der Waals surface area contributed by atoms with Crippen LogP contribution in [0.5, 0.6) is 0 Å². The standard InChI is InChI=1S/C17H24N6O/c1-11(2)23-15(7-8-19-23)17(24)22-9-5-6-14(22)13-10-16(18-4)21-12(3)20-13/h7-8,10-11,14H,5-6,9H2,1-4H3,(H,18,20,21)/t14-/m0/s1. The smallest absolute Gasteiger partial charge is 0.272 e. The van der Waals surface area contributed by atoms with Gasteiger partial charge in [-0.25, -0.2) is 9.97 Å². The van der Waals surface area contributed by atoms with Crippen LogP contribution in [-0.2, 0) is 0 Å². The van der Waals surface area contributed by atoms with E-state index >= 15 is 0 Å². The molecule has 24 heavy (non-hydrogen) atoms. The third-order valence-electron chi connectivity index (χ3n) is 4.35. The van der Waals surface area contributed by atoms with Crippen LogP contribution in [-0.4, -0.2) is 44.1 Å². The van der Waals surface area contributed by atoms with Crippen LogP contribution >= 0.6 is 0 Å². The molecule has 2 aromatic heterocycles. The molecule has 1 atom stereocenters. The Balaban J connectivity index is 1.92. The summed E-state index contributed by atoms with van der Waals surface area (Å²) < 4.78 is 1.78. The summed E-state index contributed by atoms with van der Waals surface area (Å²) in [5, 5.41) is 7.34. The van der Waals surface area contributed by atoms with Crippen LogP contribution in [0.25, 0.3) is 0 Å². The van der Waals surface area contributed by atoms with Gasteiger partial charge in [0.05, 0.1) is 11.7 Å². The molecule has 1 saturated heterocycles. The molecule has 7 heteroatoms. The van der Waals surface area contributed by atoms with Crippen molar-refractivity contribution in [2.24, 2.45) is 0 Å². The van der Waals surface area contributed by atoms with Crippen LogP contribution in [0.1, 0.15) is 60.8 Å². The van der Waals surface area contributed by atoms with Crippen molar-refractivity contribution in [3.8, 4) is 0 Å². The maximum absolute atomic E-state index is 13.1. The Labute approximate surface area is 142 Å². The lowest BCUT2D eigenvalue weighted by Gasteiger charge is -2.25. The lowest BCUT2D eigenvalue weighted by Crippen LogP contribution is -2.33. The van der Waals surface area contributed by atoms with Crippen molar-refractivity contribution in [3.05, 3.63) is 35.5 Å². The zero-order valence-corrected chi connectivity index (χ0v) is 14.7. The molecule has 3 rings (SSSR count). The van der Waals surface area contributed by atoms with Crippen molar-refractivity contribution in [1.82, 2.24) is 24.6 Å². The van der Waals surface area contributed by atoms with Gasteiger partial charge in [0.1, 0.15) is 17.3 Å². The zero-order chi connectivity index (χ0) is 17.3. The average Bonchev–Trinajstić information content (AvgIpc) is 3.22. The van der Waals surface area contributed by atoms with Gasteiger partial charge in [-0.05, 0) is 39.7 Å². The van der Waals surface area contributed by atoms with Crippen LogP contribution in [0, 0.1) is 6.92 Å². The molecule has 0 unspecified atom stereocenters. The molecule has 1 aliphatic rings. The number of anilines is 1. The number of hydrogen-bond acceptors (Lipinski definition) is 5. The molecule has 1 amide bonds. The second kappa shape index (κ2) is 6.59. The summed E-state index contributed by atoms with van der Waals surface area (Å²) in [5.41, 5.74) is 1.53. The highest BCUT2D eigenvalue weighted by Gasteiger charge is 2.33. The summed E-state index contributed by atoms with van der Waals surface area (Å²) in [6.07, 6.45) is 3.58. The molecule has 1 aliphatic heterocycles. The highest BCUT2D eigenvalue weighted by Crippen LogP contribution is 2.33. The second-order valence-electron chi connectivity index (χ2n) is 6.39. The topological polar surface area (TPSA) is 75.9 Å². The van der Waals surface area contributed by atoms with E-state index in [4.69, 9.17) is 0 Å². The van der Waals surface area contributed by atoms with Gasteiger partial charge >= 0.3 is 0 Å². The fourth-order valence-corrected chi connectivity index (χ4v) is 3.25. The van der Waals surface area contributed by atoms with Crippen molar-refractivity contribution in [2.45, 2.75) is 45.7 Å². The monoisotopic (exact) mass is 328 g/mol. The van der Waals surface area contributed by atoms with E-state index in [1.165, 1.54) is 0 Å². The number of hydrogen-bond donors (Lipinski definition) is 1. The van der Waals surface area contributed by atoms with E-state index in [0.717, 1.165) is 30.9 Å². The highest BCUT2D eigenvalue weighted by atomic mass is 16.2. The maximum Gasteiger partial charge on any atom is 0.272 e. The van der Waals surface area contributed by atoms with Gasteiger partial charge in [0.2, 0.25) is 0 Å². The Morgan fingerprint density at radius 2 is 2.17 bits per heavy atom. The maximum atomic E-state index is 13.1. The molecule has 1 N–H and O–H groups in total. The predicted molar refractivity (Wildman–Crippen MR) is 91.9 cm³/mol. The van der Waals surface area contributed by atoms with Gasteiger partial charge < -0.3 is 10.2 Å². The molecule has 2 aromatic rings. The zero-order valence-electron chi connectivity index (χ0n) is 14.7. The molecule has 7 nitrogen and oxygen atoms in total. The van der Waals surface area contributed by atoms with E-state index < -0.39 is 0 Å². The van der Waals surface area contributed by atoms with Crippen LogP contribution in [0.15, 0.2) is 18.3 Å². The molecule has 1 fully saturated rings. The summed E-state index contributed by atoms with van der Waals surface area (Å²) in [4.78, 5) is 23.9. The van der Waals surface area contributed by atoms with Crippen molar-refractivity contribution >= 4 is 11.7 Å². The molecule has 0 spiro atoms. The number of amides is 1. The minimum Gasteiger partial charge on any atom is -0.373 e. The minimum atomic E-state index is -0.0122. The van der Waals surface area contributed by atoms with Gasteiger partial charge in [-0.15, -0.1) is 0 Å². The van der Waals surface area contributed by atoms with Crippen molar-refractivity contribution < 1.29 is 4.79 Å². The van der Waals surface area contributed by atoms with E-state index in [0.29, 0.717) is 11.5 Å². The van der Waals surface area contributed by atoms with Crippen molar-refractivity contribution in [3.63, 3.8) is 0 Å². The molecule has 0 saturated carbocycles. The van der Waals surface area contributed by atoms with E-state index in [9.17, 15) is 4.79 Å². The van der Waals surface area contributed by atoms with E-state index in [1.807, 2.05) is 38.8 Å². The fourth-order valence-electron chi connectivity index (χ4n) is 3.25. The number of carbonyl (C=O) groups excluding carboxylic acids is 1. The Morgan fingerprint density at radius 1 is 1.38 bits per heavy atom. The summed E-state index contributed by atoms with van der Waals surface area (Å²) in [6.45, 7) is 6.67. The van der Waals surface area contributed by atoms with Gasteiger partial charge in [-0.1, -0.05) is 0 Å². The summed E-state index contributed by atoms with van der Waals surface area (Å²) in [6, 6.07) is 3.87. The number of likely N-dealkylation sites (tertiary alicyclic amines) is 1. The first-order valence-electron chi connectivity index (χ1n) is 8.39. The molecule has 0 aliphatic carbocycles. The third kappa shape index (κ3) is 2.98. The number of aryl methyl sites for hydroxylation is 1. The summed E-state index contributed by atoms with van der Waals surface area (Å²) >= 11 is 0. The van der Waals surface area contributed by atoms with E-state index in [-0.39, 0.29) is 18.0 Å². The van der Waals surface area contributed by atoms with Crippen molar-refractivity contribution in [1.29, 1.82) is 0 Å². The first-order valence-corrected chi connectivity index (χ1v) is 8.39. The van der Waals surface area contributed by atoms with Gasteiger partial charge in [0, 0.05) is 31.9 Å². The Morgan fingerprint density at radius 3 is 2.88 bits per heavy atom. The molecule has 3 heterocycles. The molecule has 128 valence electrons. The number of aromatic nitrogens is 4. The van der Waals surface area contributed by atoms with Crippen LogP contribution in [0.3, 0.4) is 0 Å². The van der Waals surface area contributed by atoms with Gasteiger partial charge in [0.25, 0.3) is 5.91 Å². The third-order valence-corrected chi connectivity index (χ3v) is 4.35. The Kier molecular flexibility index (Phi) is 4.51. The predicted octanol–water partition coefficient (Wildman–Crippen LogP) is 2.58. The van der Waals surface area contributed by atoms with E-state index in [1.54, 1.807) is 16.9 Å². The first kappa shape index (κ1) is 16.4. The minimum absolute atomic E-state index is 0.0122. The number of carbonyl (C=O) groups is 1. The quantitative estimate of drug-likeness (QED) is 0.933. The summed E-state index contributed by atoms with van der Waals surface area (Å²) in [5.74, 6) is 1.51. The molecule has 0 radical (unpaired) electrons. The average molecular weight is 328 g/mol. The number of nitrogens with zero attached hydrogens (tertiary/aromatic N) is 5.